The van der Waals surface area contributed by atoms with Crippen LogP contribution < -0.4 is 10.5 Å². The predicted octanol–water partition coefficient (Wildman–Crippen LogP) is 2.26. The van der Waals surface area contributed by atoms with Crippen LogP contribution >= 0.6 is 0 Å². The maximum atomic E-state index is 12.0. The molecule has 0 amide bonds. The van der Waals surface area contributed by atoms with Gasteiger partial charge in [-0.2, -0.15) is 4.98 Å². The third kappa shape index (κ3) is 4.04. The van der Waals surface area contributed by atoms with Crippen LogP contribution in [0.25, 0.3) is 22.6 Å². The van der Waals surface area contributed by atoms with Gasteiger partial charge in [0.1, 0.15) is 5.69 Å². The number of furan rings is 1. The first kappa shape index (κ1) is 18.9. The topological polar surface area (TPSA) is 142 Å². The molecule has 0 atom stereocenters. The Morgan fingerprint density at radius 3 is 2.83 bits per heavy atom. The molecule has 10 nitrogen and oxygen atoms in total. The molecule has 3 aromatic heterocycles. The molecule has 0 aliphatic heterocycles. The van der Waals surface area contributed by atoms with Crippen LogP contribution in [0, 0.1) is 0 Å². The lowest BCUT2D eigenvalue weighted by atomic mass is 10.2. The van der Waals surface area contributed by atoms with Crippen molar-refractivity contribution < 1.29 is 12.8 Å². The van der Waals surface area contributed by atoms with E-state index in [1.54, 1.807) is 35.0 Å². The van der Waals surface area contributed by atoms with Crippen LogP contribution in [0.3, 0.4) is 0 Å². The largest absolute Gasteiger partial charge is 0.463 e. The van der Waals surface area contributed by atoms with E-state index in [0.717, 1.165) is 5.56 Å². The van der Waals surface area contributed by atoms with Crippen molar-refractivity contribution in [1.29, 1.82) is 0 Å². The normalized spacial score (nSPS) is 11.8. The molecule has 0 aliphatic carbocycles. The fraction of sp³-hybridized carbons (Fsp3) is 0.222. The van der Waals surface area contributed by atoms with E-state index in [9.17, 15) is 8.42 Å². The second-order valence-electron chi connectivity index (χ2n) is 6.45. The van der Waals surface area contributed by atoms with Gasteiger partial charge in [0, 0.05) is 5.69 Å². The van der Waals surface area contributed by atoms with E-state index in [1.165, 1.54) is 6.26 Å². The second-order valence-corrected chi connectivity index (χ2v) is 8.29. The first-order valence-electron chi connectivity index (χ1n) is 8.95. The summed E-state index contributed by atoms with van der Waals surface area (Å²) in [5, 5.41) is 8.34. The van der Waals surface area contributed by atoms with Crippen molar-refractivity contribution in [1.82, 2.24) is 25.0 Å². The van der Waals surface area contributed by atoms with E-state index in [2.05, 4.69) is 25.0 Å². The molecule has 0 unspecified atom stereocenters. The zero-order valence-electron chi connectivity index (χ0n) is 15.6. The number of hydrogen-bond acceptors (Lipinski definition) is 8. The molecule has 0 radical (unpaired) electrons. The van der Waals surface area contributed by atoms with Crippen molar-refractivity contribution in [3.63, 3.8) is 0 Å². The van der Waals surface area contributed by atoms with Gasteiger partial charge in [0.15, 0.2) is 16.9 Å². The van der Waals surface area contributed by atoms with Crippen LogP contribution in [0.1, 0.15) is 18.9 Å². The summed E-state index contributed by atoms with van der Waals surface area (Å²) in [6, 6.07) is 10.6. The molecule has 29 heavy (non-hydrogen) atoms. The maximum absolute atomic E-state index is 12.0. The number of nitrogen functional groups attached to an aromatic ring is 1. The molecule has 0 saturated carbocycles. The van der Waals surface area contributed by atoms with E-state index in [4.69, 9.17) is 10.2 Å². The zero-order valence-corrected chi connectivity index (χ0v) is 16.4. The van der Waals surface area contributed by atoms with Gasteiger partial charge in [0.25, 0.3) is 0 Å². The Balaban J connectivity index is 1.66. The molecule has 0 aliphatic rings. The van der Waals surface area contributed by atoms with Gasteiger partial charge < -0.3 is 10.2 Å². The zero-order chi connectivity index (χ0) is 20.4. The minimum absolute atomic E-state index is 0.0662. The number of nitrogens with one attached hydrogen (secondary N) is 1. The van der Waals surface area contributed by atoms with Crippen LogP contribution in [0.4, 0.5) is 11.6 Å². The van der Waals surface area contributed by atoms with Gasteiger partial charge in [-0.1, -0.05) is 24.3 Å². The lowest BCUT2D eigenvalue weighted by molar-refractivity contribution is 0.580. The summed E-state index contributed by atoms with van der Waals surface area (Å²) in [6.45, 7) is 2.14. The number of aromatic nitrogens is 5. The highest BCUT2D eigenvalue weighted by molar-refractivity contribution is 7.92. The molecule has 3 N–H and O–H groups in total. The Morgan fingerprint density at radius 1 is 1.21 bits per heavy atom. The van der Waals surface area contributed by atoms with Gasteiger partial charge in [-0.05, 0) is 36.2 Å². The summed E-state index contributed by atoms with van der Waals surface area (Å²) >= 11 is 0. The molecule has 11 heteroatoms. The molecule has 150 valence electrons. The fourth-order valence-electron chi connectivity index (χ4n) is 2.97. The Labute approximate surface area is 166 Å². The van der Waals surface area contributed by atoms with Crippen molar-refractivity contribution in [2.45, 2.75) is 19.9 Å². The van der Waals surface area contributed by atoms with Crippen molar-refractivity contribution in [2.24, 2.45) is 0 Å². The van der Waals surface area contributed by atoms with Crippen LogP contribution in [-0.2, 0) is 16.6 Å². The minimum atomic E-state index is -3.37. The Kier molecular flexibility index (Phi) is 4.89. The average molecular weight is 413 g/mol. The Bertz CT molecular complexity index is 1250. The van der Waals surface area contributed by atoms with E-state index in [-0.39, 0.29) is 11.7 Å². The number of benzene rings is 1. The smallest absolute Gasteiger partial charge is 0.232 e. The molecular weight excluding hydrogens is 394 g/mol. The molecule has 3 heterocycles. The number of hydrogen-bond donors (Lipinski definition) is 2. The SMILES string of the molecule is CCCS(=O)(=O)Nc1cccc(Cn2nnc3c(-c4ccco4)nc(N)nc32)c1. The number of rotatable bonds is 7. The number of fused-ring (bicyclic) bond motifs is 1. The first-order chi connectivity index (χ1) is 13.9. The van der Waals surface area contributed by atoms with Crippen LogP contribution in [0.15, 0.2) is 47.1 Å². The van der Waals surface area contributed by atoms with E-state index in [1.807, 2.05) is 13.0 Å². The van der Waals surface area contributed by atoms with Crippen molar-refractivity contribution in [3.05, 3.63) is 48.2 Å². The van der Waals surface area contributed by atoms with Crippen molar-refractivity contribution in [3.8, 4) is 11.5 Å². The standard InChI is InChI=1S/C18H19N7O3S/c1-2-9-29(26,27)23-13-6-3-5-12(10-13)11-25-17-16(22-24-25)15(20-18(19)21-17)14-7-4-8-28-14/h3-8,10,23H,2,9,11H2,1H3,(H2,19,20,21). The van der Waals surface area contributed by atoms with Crippen LogP contribution in [0.2, 0.25) is 0 Å². The van der Waals surface area contributed by atoms with Crippen LogP contribution in [0.5, 0.6) is 0 Å². The number of anilines is 2. The fourth-order valence-corrected chi connectivity index (χ4v) is 4.10. The summed E-state index contributed by atoms with van der Waals surface area (Å²) in [5.41, 5.74) is 8.57. The summed E-state index contributed by atoms with van der Waals surface area (Å²) < 4.78 is 33.6. The van der Waals surface area contributed by atoms with E-state index in [0.29, 0.717) is 41.3 Å². The quantitative estimate of drug-likeness (QED) is 0.470. The highest BCUT2D eigenvalue weighted by Gasteiger charge is 2.17. The molecule has 4 aromatic rings. The summed E-state index contributed by atoms with van der Waals surface area (Å²) in [6.07, 6.45) is 2.08. The summed E-state index contributed by atoms with van der Waals surface area (Å²) in [4.78, 5) is 8.48. The van der Waals surface area contributed by atoms with Gasteiger partial charge in [0.05, 0.1) is 18.6 Å². The number of sulfonamides is 1. The molecule has 1 aromatic carbocycles. The second kappa shape index (κ2) is 7.51. The van der Waals surface area contributed by atoms with Gasteiger partial charge in [0.2, 0.25) is 16.0 Å². The van der Waals surface area contributed by atoms with Crippen molar-refractivity contribution >= 4 is 32.8 Å². The summed E-state index contributed by atoms with van der Waals surface area (Å²) in [5.74, 6) is 0.661. The lowest BCUT2D eigenvalue weighted by Crippen LogP contribution is -2.16. The predicted molar refractivity (Wildman–Crippen MR) is 108 cm³/mol. The molecule has 0 spiro atoms. The average Bonchev–Trinajstić information content (AvgIpc) is 3.32. The van der Waals surface area contributed by atoms with Gasteiger partial charge >= 0.3 is 0 Å². The van der Waals surface area contributed by atoms with Gasteiger partial charge in [-0.15, -0.1) is 5.10 Å². The molecule has 0 saturated heterocycles. The molecular formula is C18H19N7O3S. The molecule has 4 rings (SSSR count). The Hall–Kier alpha value is -3.47. The number of nitrogens with zero attached hydrogens (tertiary/aromatic N) is 5. The van der Waals surface area contributed by atoms with Crippen molar-refractivity contribution in [2.75, 3.05) is 16.2 Å². The van der Waals surface area contributed by atoms with E-state index >= 15 is 0 Å². The third-order valence-electron chi connectivity index (χ3n) is 4.14. The maximum Gasteiger partial charge on any atom is 0.232 e. The molecule has 0 bridgehead atoms. The number of nitrogens with two attached hydrogens (primary N) is 1. The van der Waals surface area contributed by atoms with Gasteiger partial charge in [-0.3, -0.25) is 4.72 Å². The third-order valence-corrected chi connectivity index (χ3v) is 5.63. The monoisotopic (exact) mass is 413 g/mol. The summed E-state index contributed by atoms with van der Waals surface area (Å²) in [7, 11) is -3.37. The highest BCUT2D eigenvalue weighted by Crippen LogP contribution is 2.26. The lowest BCUT2D eigenvalue weighted by Gasteiger charge is -2.09. The van der Waals surface area contributed by atoms with Crippen LogP contribution in [-0.4, -0.2) is 39.1 Å². The van der Waals surface area contributed by atoms with Gasteiger partial charge in [-0.25, -0.2) is 18.1 Å². The Morgan fingerprint density at radius 2 is 2.07 bits per heavy atom. The molecule has 0 fully saturated rings. The highest BCUT2D eigenvalue weighted by atomic mass is 32.2. The first-order valence-corrected chi connectivity index (χ1v) is 10.6. The van der Waals surface area contributed by atoms with E-state index < -0.39 is 10.0 Å². The minimum Gasteiger partial charge on any atom is -0.463 e.